The Balaban J connectivity index is 2.04. The predicted octanol–water partition coefficient (Wildman–Crippen LogP) is 3.77. The standard InChI is InChI=1S/C14H10Cl2FNO2/c15-10-5-8(1-3-12(10)17)7-18-14(20)9-2-4-13(19)11(16)6-9/h1-6,19H,7H2,(H,18,20). The first-order valence-electron chi connectivity index (χ1n) is 5.68. The third kappa shape index (κ3) is 3.40. The Bertz CT molecular complexity index is 662. The van der Waals surface area contributed by atoms with E-state index in [1.54, 1.807) is 0 Å². The largest absolute Gasteiger partial charge is 0.506 e. The van der Waals surface area contributed by atoms with Crippen LogP contribution in [0.5, 0.6) is 5.75 Å². The summed E-state index contributed by atoms with van der Waals surface area (Å²) in [7, 11) is 0. The van der Waals surface area contributed by atoms with Gasteiger partial charge in [0.25, 0.3) is 5.91 Å². The lowest BCUT2D eigenvalue weighted by atomic mass is 10.2. The van der Waals surface area contributed by atoms with Gasteiger partial charge in [-0.25, -0.2) is 4.39 Å². The summed E-state index contributed by atoms with van der Waals surface area (Å²) < 4.78 is 13.0. The molecule has 0 fully saturated rings. The van der Waals surface area contributed by atoms with Gasteiger partial charge in [0, 0.05) is 12.1 Å². The number of amides is 1. The van der Waals surface area contributed by atoms with Crippen molar-refractivity contribution in [3.8, 4) is 5.75 Å². The fourth-order valence-electron chi connectivity index (χ4n) is 1.58. The Labute approximate surface area is 124 Å². The molecule has 0 aromatic heterocycles. The first kappa shape index (κ1) is 14.6. The molecule has 1 amide bonds. The maximum absolute atomic E-state index is 13.0. The lowest BCUT2D eigenvalue weighted by Gasteiger charge is -2.07. The first-order chi connectivity index (χ1) is 9.47. The van der Waals surface area contributed by atoms with Gasteiger partial charge in [0.15, 0.2) is 0 Å². The van der Waals surface area contributed by atoms with E-state index < -0.39 is 5.82 Å². The molecule has 0 spiro atoms. The first-order valence-corrected chi connectivity index (χ1v) is 6.43. The highest BCUT2D eigenvalue weighted by molar-refractivity contribution is 6.32. The van der Waals surface area contributed by atoms with E-state index in [0.717, 1.165) is 0 Å². The number of phenolic OH excluding ortho intramolecular Hbond substituents is 1. The van der Waals surface area contributed by atoms with Crippen molar-refractivity contribution in [1.82, 2.24) is 5.32 Å². The maximum atomic E-state index is 13.0. The lowest BCUT2D eigenvalue weighted by molar-refractivity contribution is 0.0951. The second-order valence-electron chi connectivity index (χ2n) is 4.10. The van der Waals surface area contributed by atoms with Crippen molar-refractivity contribution in [2.75, 3.05) is 0 Å². The van der Waals surface area contributed by atoms with Crippen LogP contribution < -0.4 is 5.32 Å². The van der Waals surface area contributed by atoms with E-state index in [0.29, 0.717) is 11.1 Å². The van der Waals surface area contributed by atoms with Gasteiger partial charge in [0.2, 0.25) is 0 Å². The molecule has 104 valence electrons. The predicted molar refractivity (Wildman–Crippen MR) is 75.7 cm³/mol. The van der Waals surface area contributed by atoms with Crippen molar-refractivity contribution in [3.05, 3.63) is 63.4 Å². The summed E-state index contributed by atoms with van der Waals surface area (Å²) in [4.78, 5) is 11.9. The summed E-state index contributed by atoms with van der Waals surface area (Å²) in [6, 6.07) is 8.37. The van der Waals surface area contributed by atoms with Gasteiger partial charge in [-0.15, -0.1) is 0 Å². The van der Waals surface area contributed by atoms with Gasteiger partial charge in [0.1, 0.15) is 11.6 Å². The van der Waals surface area contributed by atoms with Gasteiger partial charge in [0.05, 0.1) is 10.0 Å². The highest BCUT2D eigenvalue weighted by Gasteiger charge is 2.08. The topological polar surface area (TPSA) is 49.3 Å². The Morgan fingerprint density at radius 1 is 1.15 bits per heavy atom. The summed E-state index contributed by atoms with van der Waals surface area (Å²) in [5.74, 6) is -0.951. The Hall–Kier alpha value is -1.78. The summed E-state index contributed by atoms with van der Waals surface area (Å²) in [5.41, 5.74) is 0.996. The van der Waals surface area contributed by atoms with E-state index in [1.165, 1.54) is 36.4 Å². The lowest BCUT2D eigenvalue weighted by Crippen LogP contribution is -2.22. The van der Waals surface area contributed by atoms with E-state index in [4.69, 9.17) is 23.2 Å². The number of aromatic hydroxyl groups is 1. The van der Waals surface area contributed by atoms with Crippen molar-refractivity contribution >= 4 is 29.1 Å². The highest BCUT2D eigenvalue weighted by atomic mass is 35.5. The number of benzene rings is 2. The molecule has 2 aromatic rings. The summed E-state index contributed by atoms with van der Waals surface area (Å²) in [5, 5.41) is 12.0. The Kier molecular flexibility index (Phi) is 4.47. The molecule has 20 heavy (non-hydrogen) atoms. The van der Waals surface area contributed by atoms with E-state index in [9.17, 15) is 14.3 Å². The number of halogens is 3. The molecular formula is C14H10Cl2FNO2. The number of hydrogen-bond acceptors (Lipinski definition) is 2. The summed E-state index contributed by atoms with van der Waals surface area (Å²) in [6.07, 6.45) is 0. The fraction of sp³-hybridized carbons (Fsp3) is 0.0714. The van der Waals surface area contributed by atoms with Crippen LogP contribution >= 0.6 is 23.2 Å². The zero-order chi connectivity index (χ0) is 14.7. The van der Waals surface area contributed by atoms with Crippen LogP contribution in [-0.2, 0) is 6.54 Å². The molecule has 0 aliphatic rings. The number of phenols is 1. The van der Waals surface area contributed by atoms with Gasteiger partial charge in [-0.3, -0.25) is 4.79 Å². The van der Waals surface area contributed by atoms with Gasteiger partial charge in [-0.05, 0) is 35.9 Å². The molecule has 2 aromatic carbocycles. The normalized spacial score (nSPS) is 10.3. The van der Waals surface area contributed by atoms with Gasteiger partial charge in [-0.2, -0.15) is 0 Å². The van der Waals surface area contributed by atoms with Crippen LogP contribution in [0.15, 0.2) is 36.4 Å². The molecule has 0 aliphatic carbocycles. The Morgan fingerprint density at radius 3 is 2.55 bits per heavy atom. The van der Waals surface area contributed by atoms with E-state index >= 15 is 0 Å². The SMILES string of the molecule is O=C(NCc1ccc(F)c(Cl)c1)c1ccc(O)c(Cl)c1. The van der Waals surface area contributed by atoms with Crippen LogP contribution in [0.4, 0.5) is 4.39 Å². The molecule has 0 unspecified atom stereocenters. The minimum Gasteiger partial charge on any atom is -0.506 e. The third-order valence-corrected chi connectivity index (χ3v) is 3.24. The average Bonchev–Trinajstić information content (AvgIpc) is 2.43. The number of carbonyl (C=O) groups is 1. The van der Waals surface area contributed by atoms with Crippen molar-refractivity contribution < 1.29 is 14.3 Å². The molecule has 0 bridgehead atoms. The van der Waals surface area contributed by atoms with Crippen molar-refractivity contribution in [2.45, 2.75) is 6.54 Å². The molecule has 0 saturated carbocycles. The van der Waals surface area contributed by atoms with E-state index in [1.807, 2.05) is 0 Å². The molecule has 2 rings (SSSR count). The molecular weight excluding hydrogens is 304 g/mol. The van der Waals surface area contributed by atoms with Crippen LogP contribution in [0.3, 0.4) is 0 Å². The molecule has 0 atom stereocenters. The average molecular weight is 314 g/mol. The van der Waals surface area contributed by atoms with Crippen molar-refractivity contribution in [3.63, 3.8) is 0 Å². The van der Waals surface area contributed by atoms with Crippen molar-refractivity contribution in [2.24, 2.45) is 0 Å². The van der Waals surface area contributed by atoms with Crippen molar-refractivity contribution in [1.29, 1.82) is 0 Å². The molecule has 0 heterocycles. The number of carbonyl (C=O) groups excluding carboxylic acids is 1. The zero-order valence-electron chi connectivity index (χ0n) is 10.2. The fourth-order valence-corrected chi connectivity index (χ4v) is 1.97. The third-order valence-electron chi connectivity index (χ3n) is 2.65. The van der Waals surface area contributed by atoms with E-state index in [2.05, 4.69) is 5.32 Å². The highest BCUT2D eigenvalue weighted by Crippen LogP contribution is 2.23. The molecule has 0 saturated heterocycles. The number of hydrogen-bond donors (Lipinski definition) is 2. The quantitative estimate of drug-likeness (QED) is 0.906. The summed E-state index contributed by atoms with van der Waals surface area (Å²) in [6.45, 7) is 0.206. The molecule has 2 N–H and O–H groups in total. The van der Waals surface area contributed by atoms with Gasteiger partial charge < -0.3 is 10.4 Å². The summed E-state index contributed by atoms with van der Waals surface area (Å²) >= 11 is 11.4. The second kappa shape index (κ2) is 6.11. The van der Waals surface area contributed by atoms with Crippen LogP contribution in [0.25, 0.3) is 0 Å². The van der Waals surface area contributed by atoms with Crippen LogP contribution in [0.2, 0.25) is 10.0 Å². The van der Waals surface area contributed by atoms with Gasteiger partial charge in [-0.1, -0.05) is 29.3 Å². The second-order valence-corrected chi connectivity index (χ2v) is 4.91. The van der Waals surface area contributed by atoms with Gasteiger partial charge >= 0.3 is 0 Å². The van der Waals surface area contributed by atoms with E-state index in [-0.39, 0.29) is 28.2 Å². The van der Waals surface area contributed by atoms with Crippen LogP contribution in [-0.4, -0.2) is 11.0 Å². The zero-order valence-corrected chi connectivity index (χ0v) is 11.7. The minimum atomic E-state index is -0.507. The number of nitrogens with one attached hydrogen (secondary N) is 1. The monoisotopic (exact) mass is 313 g/mol. The number of rotatable bonds is 3. The minimum absolute atomic E-state index is 0.00410. The smallest absolute Gasteiger partial charge is 0.251 e. The molecule has 6 heteroatoms. The maximum Gasteiger partial charge on any atom is 0.251 e. The molecule has 3 nitrogen and oxygen atoms in total. The Morgan fingerprint density at radius 2 is 1.90 bits per heavy atom. The van der Waals surface area contributed by atoms with Crippen LogP contribution in [0, 0.1) is 5.82 Å². The molecule has 0 aliphatic heterocycles. The van der Waals surface area contributed by atoms with Crippen LogP contribution in [0.1, 0.15) is 15.9 Å². The molecule has 0 radical (unpaired) electrons.